The van der Waals surface area contributed by atoms with Gasteiger partial charge in [0.05, 0.1) is 14.0 Å². The minimum absolute atomic E-state index is 0.0833. The van der Waals surface area contributed by atoms with Crippen LogP contribution in [-0.4, -0.2) is 28.6 Å². The molecule has 0 aliphatic rings. The van der Waals surface area contributed by atoms with Gasteiger partial charge in [-0.1, -0.05) is 18.2 Å². The van der Waals surface area contributed by atoms with Crippen molar-refractivity contribution in [3.8, 4) is 11.1 Å². The third-order valence-electron chi connectivity index (χ3n) is 4.31. The molecule has 0 saturated heterocycles. The molecule has 3 aromatic rings. The van der Waals surface area contributed by atoms with E-state index in [9.17, 15) is 30.0 Å². The van der Waals surface area contributed by atoms with Crippen LogP contribution < -0.4 is 4.72 Å². The average molecular weight is 508 g/mol. The molecule has 0 saturated carbocycles. The summed E-state index contributed by atoms with van der Waals surface area (Å²) in [7, 11) is -9.29. The molecular formula is C19H16F3NO4S4. The van der Waals surface area contributed by atoms with Crippen molar-refractivity contribution in [2.45, 2.75) is 26.4 Å². The van der Waals surface area contributed by atoms with E-state index in [0.29, 0.717) is 20.9 Å². The maximum Gasteiger partial charge on any atom is 0.516 e. The first-order valence-electron chi connectivity index (χ1n) is 8.53. The van der Waals surface area contributed by atoms with E-state index in [4.69, 9.17) is 0 Å². The van der Waals surface area contributed by atoms with Gasteiger partial charge in [-0.05, 0) is 65.6 Å². The van der Waals surface area contributed by atoms with E-state index in [-0.39, 0.29) is 15.5 Å². The van der Waals surface area contributed by atoms with Gasteiger partial charge < -0.3 is 0 Å². The highest BCUT2D eigenvalue weighted by molar-refractivity contribution is 8.01. The van der Waals surface area contributed by atoms with E-state index >= 15 is 0 Å². The number of nitrogens with one attached hydrogen (secondary N) is 1. The van der Waals surface area contributed by atoms with E-state index < -0.39 is 25.4 Å². The molecule has 0 aliphatic carbocycles. The second kappa shape index (κ2) is 8.49. The van der Waals surface area contributed by atoms with Gasteiger partial charge in [-0.25, -0.2) is 8.42 Å². The summed E-state index contributed by atoms with van der Waals surface area (Å²) in [5, 5.41) is 1.70. The molecule has 0 aliphatic heterocycles. The molecule has 3 rings (SSSR count). The number of halogens is 3. The topological polar surface area (TPSA) is 80.3 Å². The zero-order valence-electron chi connectivity index (χ0n) is 16.1. The Morgan fingerprint density at radius 1 is 1.00 bits per heavy atom. The van der Waals surface area contributed by atoms with Crippen LogP contribution in [0.5, 0.6) is 0 Å². The number of hydrogen-bond donors (Lipinski definition) is 1. The van der Waals surface area contributed by atoms with Gasteiger partial charge in [0.15, 0.2) is 0 Å². The lowest BCUT2D eigenvalue weighted by molar-refractivity contribution is -0.0429. The third-order valence-corrected chi connectivity index (χ3v) is 9.56. The highest BCUT2D eigenvalue weighted by atomic mass is 32.2. The summed E-state index contributed by atoms with van der Waals surface area (Å²) in [5.74, 6) is 0. The lowest BCUT2D eigenvalue weighted by atomic mass is 10.0. The number of benzene rings is 2. The van der Waals surface area contributed by atoms with Gasteiger partial charge in [-0.3, -0.25) is 4.72 Å². The van der Waals surface area contributed by atoms with Crippen molar-refractivity contribution in [3.63, 3.8) is 0 Å². The molecule has 31 heavy (non-hydrogen) atoms. The smallest absolute Gasteiger partial charge is 0.276 e. The van der Waals surface area contributed by atoms with E-state index in [1.807, 2.05) is 0 Å². The van der Waals surface area contributed by atoms with E-state index in [1.54, 1.807) is 36.8 Å². The Morgan fingerprint density at radius 3 is 2.32 bits per heavy atom. The highest BCUT2D eigenvalue weighted by Gasteiger charge is 2.46. The Hall–Kier alpha value is -2.02. The van der Waals surface area contributed by atoms with Crippen molar-refractivity contribution < 1.29 is 30.0 Å². The molecule has 0 unspecified atom stereocenters. The Kier molecular flexibility index (Phi) is 6.47. The Bertz CT molecular complexity index is 1330. The monoisotopic (exact) mass is 507 g/mol. The number of hydrogen-bond acceptors (Lipinski definition) is 6. The van der Waals surface area contributed by atoms with Gasteiger partial charge in [0, 0.05) is 5.69 Å². The number of thioether (sulfide) groups is 1. The van der Waals surface area contributed by atoms with Crippen LogP contribution in [0.2, 0.25) is 0 Å². The van der Waals surface area contributed by atoms with E-state index in [1.165, 1.54) is 58.2 Å². The number of sulfone groups is 1. The Labute approximate surface area is 186 Å². The Balaban J connectivity index is 1.98. The number of alkyl halides is 3. The molecule has 166 valence electrons. The third kappa shape index (κ3) is 4.76. The first kappa shape index (κ1) is 23.6. The predicted octanol–water partition coefficient (Wildman–Crippen LogP) is 5.54. The molecule has 5 nitrogen and oxygen atoms in total. The van der Waals surface area contributed by atoms with Gasteiger partial charge in [-0.2, -0.15) is 21.6 Å². The van der Waals surface area contributed by atoms with Crippen molar-refractivity contribution >= 4 is 48.6 Å². The van der Waals surface area contributed by atoms with E-state index in [2.05, 4.69) is 0 Å². The van der Waals surface area contributed by atoms with Crippen molar-refractivity contribution in [1.82, 2.24) is 0 Å². The van der Waals surface area contributed by atoms with Crippen molar-refractivity contribution in [1.29, 1.82) is 0 Å². The molecule has 2 aromatic carbocycles. The average Bonchev–Trinajstić information content (AvgIpc) is 3.17. The fourth-order valence-electron chi connectivity index (χ4n) is 2.85. The molecule has 0 spiro atoms. The van der Waals surface area contributed by atoms with Crippen LogP contribution in [0.25, 0.3) is 11.1 Å². The largest absolute Gasteiger partial charge is 0.516 e. The molecule has 0 fully saturated rings. The van der Waals surface area contributed by atoms with Crippen LogP contribution in [0.3, 0.4) is 0 Å². The van der Waals surface area contributed by atoms with Crippen LogP contribution in [0.4, 0.5) is 18.9 Å². The van der Waals surface area contributed by atoms with Crippen molar-refractivity contribution in [2.24, 2.45) is 0 Å². The maximum atomic E-state index is 13.1. The molecule has 0 radical (unpaired) electrons. The summed E-state index contributed by atoms with van der Waals surface area (Å²) in [6.07, 6.45) is 1.79. The minimum Gasteiger partial charge on any atom is -0.276 e. The van der Waals surface area contributed by atoms with Crippen LogP contribution >= 0.6 is 23.1 Å². The second-order valence-electron chi connectivity index (χ2n) is 6.39. The summed E-state index contributed by atoms with van der Waals surface area (Å²) in [6, 6.07) is 11.6. The van der Waals surface area contributed by atoms with Gasteiger partial charge >= 0.3 is 15.5 Å². The summed E-state index contributed by atoms with van der Waals surface area (Å²) in [4.78, 5) is 0.302. The van der Waals surface area contributed by atoms with Gasteiger partial charge in [-0.15, -0.1) is 23.1 Å². The summed E-state index contributed by atoms with van der Waals surface area (Å²) < 4.78 is 88.6. The fourth-order valence-corrected chi connectivity index (χ4v) is 7.14. The first-order valence-corrected chi connectivity index (χ1v) is 13.6. The number of aryl methyl sites for hydroxylation is 1. The maximum absolute atomic E-state index is 13.1. The molecule has 0 atom stereocenters. The van der Waals surface area contributed by atoms with Crippen molar-refractivity contribution in [2.75, 3.05) is 11.0 Å². The second-order valence-corrected chi connectivity index (χ2v) is 12.0. The summed E-state index contributed by atoms with van der Waals surface area (Å²) in [6.45, 7) is 1.59. The quantitative estimate of drug-likeness (QED) is 0.443. The molecule has 12 heteroatoms. The van der Waals surface area contributed by atoms with Crippen LogP contribution in [0.1, 0.15) is 5.56 Å². The lowest BCUT2D eigenvalue weighted by Gasteiger charge is -2.13. The van der Waals surface area contributed by atoms with Crippen LogP contribution in [0, 0.1) is 6.92 Å². The van der Waals surface area contributed by atoms with Crippen LogP contribution in [0.15, 0.2) is 67.9 Å². The SMILES string of the molecule is CSc1sccc1S(=O)(=O)c1cccc(-c2ccc(NS(=O)(=O)C(F)(F)F)cc2C)c1. The first-order chi connectivity index (χ1) is 14.4. The molecule has 0 amide bonds. The highest BCUT2D eigenvalue weighted by Crippen LogP contribution is 2.36. The number of rotatable bonds is 6. The Morgan fingerprint density at radius 2 is 1.71 bits per heavy atom. The number of anilines is 1. The molecular weight excluding hydrogens is 491 g/mol. The van der Waals surface area contributed by atoms with Gasteiger partial charge in [0.1, 0.15) is 0 Å². The lowest BCUT2D eigenvalue weighted by Crippen LogP contribution is -2.29. The van der Waals surface area contributed by atoms with Gasteiger partial charge in [0.2, 0.25) is 9.84 Å². The van der Waals surface area contributed by atoms with Gasteiger partial charge in [0.25, 0.3) is 0 Å². The standard InChI is InChI=1S/C19H16F3NO4S4/c1-12-10-14(23-31(26,27)19(20,21)22)6-7-16(12)13-4-3-5-15(11-13)30(24,25)17-8-9-29-18(17)28-2/h3-11,23H,1-2H3. The predicted molar refractivity (Wildman–Crippen MR) is 117 cm³/mol. The number of thiophene rings is 1. The summed E-state index contributed by atoms with van der Waals surface area (Å²) >= 11 is 2.67. The number of sulfonamides is 1. The molecule has 1 aromatic heterocycles. The zero-order valence-corrected chi connectivity index (χ0v) is 19.4. The molecule has 1 N–H and O–H groups in total. The zero-order chi connectivity index (χ0) is 23.0. The van der Waals surface area contributed by atoms with Crippen LogP contribution in [-0.2, 0) is 19.9 Å². The molecule has 1 heterocycles. The normalized spacial score (nSPS) is 12.7. The van der Waals surface area contributed by atoms with E-state index in [0.717, 1.165) is 0 Å². The fraction of sp³-hybridized carbons (Fsp3) is 0.158. The minimum atomic E-state index is -5.53. The molecule has 0 bridgehead atoms. The summed E-state index contributed by atoms with van der Waals surface area (Å²) in [5.41, 5.74) is -4.12. The van der Waals surface area contributed by atoms with Crippen molar-refractivity contribution in [3.05, 3.63) is 59.5 Å².